The number of carbonyl (C=O) groups excluding carboxylic acids is 1. The van der Waals surface area contributed by atoms with Crippen LogP contribution in [0.3, 0.4) is 0 Å². The van der Waals surface area contributed by atoms with E-state index in [0.29, 0.717) is 12.2 Å². The zero-order chi connectivity index (χ0) is 15.1. The lowest BCUT2D eigenvalue weighted by Gasteiger charge is -2.36. The molecular formula is C16H32O2Si. The Morgan fingerprint density at radius 3 is 1.95 bits per heavy atom. The van der Waals surface area contributed by atoms with E-state index >= 15 is 0 Å². The van der Waals surface area contributed by atoms with Gasteiger partial charge in [-0.3, -0.25) is 4.79 Å². The highest BCUT2D eigenvalue weighted by molar-refractivity contribution is 6.73. The minimum Gasteiger partial charge on any atom is -0.410 e. The SMILES string of the molecule is C/C=C(\C)[C@H](O[Si](CC)(CC)CC)[C@@H](C)C(=O)CC. The maximum atomic E-state index is 12.0. The van der Waals surface area contributed by atoms with E-state index < -0.39 is 8.32 Å². The first-order valence-electron chi connectivity index (χ1n) is 7.74. The predicted octanol–water partition coefficient (Wildman–Crippen LogP) is 4.96. The summed E-state index contributed by atoms with van der Waals surface area (Å²) in [5, 5.41) is 0. The van der Waals surface area contributed by atoms with E-state index in [-0.39, 0.29) is 12.0 Å². The van der Waals surface area contributed by atoms with Crippen molar-refractivity contribution in [2.45, 2.75) is 79.1 Å². The summed E-state index contributed by atoms with van der Waals surface area (Å²) < 4.78 is 6.57. The number of allylic oxidation sites excluding steroid dienone is 1. The van der Waals surface area contributed by atoms with Gasteiger partial charge in [-0.1, -0.05) is 40.7 Å². The molecule has 0 aliphatic carbocycles. The first-order chi connectivity index (χ1) is 8.91. The molecule has 0 aliphatic rings. The van der Waals surface area contributed by atoms with Gasteiger partial charge in [-0.05, 0) is 37.6 Å². The number of rotatable bonds is 9. The van der Waals surface area contributed by atoms with Gasteiger partial charge in [0, 0.05) is 12.3 Å². The van der Waals surface area contributed by atoms with Gasteiger partial charge in [0.15, 0.2) is 8.32 Å². The topological polar surface area (TPSA) is 26.3 Å². The summed E-state index contributed by atoms with van der Waals surface area (Å²) in [6.45, 7) is 14.8. The normalized spacial score (nSPS) is 16.3. The Kier molecular flexibility index (Phi) is 8.51. The van der Waals surface area contributed by atoms with Crippen molar-refractivity contribution >= 4 is 14.1 Å². The average Bonchev–Trinajstić information content (AvgIpc) is 2.47. The van der Waals surface area contributed by atoms with Crippen LogP contribution in [0, 0.1) is 5.92 Å². The molecule has 0 rings (SSSR count). The van der Waals surface area contributed by atoms with Crippen LogP contribution in [0.25, 0.3) is 0 Å². The van der Waals surface area contributed by atoms with Crippen LogP contribution in [-0.2, 0) is 9.22 Å². The van der Waals surface area contributed by atoms with Crippen LogP contribution >= 0.6 is 0 Å². The molecule has 0 radical (unpaired) electrons. The molecule has 0 aliphatic heterocycles. The quantitative estimate of drug-likeness (QED) is 0.442. The van der Waals surface area contributed by atoms with Crippen LogP contribution in [0.2, 0.25) is 18.1 Å². The molecule has 2 atom stereocenters. The van der Waals surface area contributed by atoms with Crippen LogP contribution < -0.4 is 0 Å². The third kappa shape index (κ3) is 4.88. The third-order valence-electron chi connectivity index (χ3n) is 4.52. The van der Waals surface area contributed by atoms with Gasteiger partial charge in [-0.2, -0.15) is 0 Å². The molecule has 0 spiro atoms. The summed E-state index contributed by atoms with van der Waals surface area (Å²) in [4.78, 5) is 12.0. The molecule has 0 aromatic rings. The smallest absolute Gasteiger partial charge is 0.192 e. The number of Topliss-reactive ketones (excluding diaryl/α,β-unsaturated/α-hetero) is 1. The highest BCUT2D eigenvalue weighted by Crippen LogP contribution is 2.29. The van der Waals surface area contributed by atoms with Crippen molar-refractivity contribution in [3.8, 4) is 0 Å². The van der Waals surface area contributed by atoms with Gasteiger partial charge in [-0.15, -0.1) is 0 Å². The molecule has 0 saturated heterocycles. The van der Waals surface area contributed by atoms with Gasteiger partial charge < -0.3 is 4.43 Å². The first-order valence-corrected chi connectivity index (χ1v) is 10.3. The molecule has 0 amide bonds. The second kappa shape index (κ2) is 8.70. The zero-order valence-electron chi connectivity index (χ0n) is 13.9. The molecule has 112 valence electrons. The Bertz CT molecular complexity index is 298. The summed E-state index contributed by atoms with van der Waals surface area (Å²) in [7, 11) is -1.67. The molecule has 0 aromatic heterocycles. The molecule has 0 heterocycles. The molecule has 2 nitrogen and oxygen atoms in total. The molecule has 0 bridgehead atoms. The minimum absolute atomic E-state index is 0.0241. The van der Waals surface area contributed by atoms with Crippen molar-refractivity contribution in [1.29, 1.82) is 0 Å². The second-order valence-electron chi connectivity index (χ2n) is 5.42. The highest BCUT2D eigenvalue weighted by Gasteiger charge is 2.35. The van der Waals surface area contributed by atoms with Crippen molar-refractivity contribution < 1.29 is 9.22 Å². The zero-order valence-corrected chi connectivity index (χ0v) is 14.9. The van der Waals surface area contributed by atoms with Gasteiger partial charge in [0.1, 0.15) is 5.78 Å². The Balaban J connectivity index is 5.22. The van der Waals surface area contributed by atoms with Crippen molar-refractivity contribution in [1.82, 2.24) is 0 Å². The Morgan fingerprint density at radius 1 is 1.16 bits per heavy atom. The summed E-state index contributed by atoms with van der Waals surface area (Å²) in [6.07, 6.45) is 2.66. The van der Waals surface area contributed by atoms with Crippen LogP contribution in [-0.4, -0.2) is 20.2 Å². The first kappa shape index (κ1) is 18.6. The molecule has 0 aromatic carbocycles. The third-order valence-corrected chi connectivity index (χ3v) is 9.14. The fourth-order valence-corrected chi connectivity index (χ4v) is 5.44. The average molecular weight is 285 g/mol. The van der Waals surface area contributed by atoms with E-state index in [1.54, 1.807) is 0 Å². The fraction of sp³-hybridized carbons (Fsp3) is 0.812. The van der Waals surface area contributed by atoms with Crippen LogP contribution in [0.5, 0.6) is 0 Å². The van der Waals surface area contributed by atoms with Gasteiger partial charge in [0.25, 0.3) is 0 Å². The van der Waals surface area contributed by atoms with Crippen molar-refractivity contribution in [3.63, 3.8) is 0 Å². The van der Waals surface area contributed by atoms with Gasteiger partial charge >= 0.3 is 0 Å². The summed E-state index contributed by atoms with van der Waals surface area (Å²) in [5.74, 6) is 0.273. The molecule has 19 heavy (non-hydrogen) atoms. The van der Waals surface area contributed by atoms with E-state index in [1.807, 2.05) is 20.8 Å². The number of ketones is 1. The largest absolute Gasteiger partial charge is 0.410 e. The van der Waals surface area contributed by atoms with Gasteiger partial charge in [0.05, 0.1) is 6.10 Å². The molecule has 0 N–H and O–H groups in total. The Morgan fingerprint density at radius 2 is 1.63 bits per heavy atom. The Labute approximate surface area is 120 Å². The van der Waals surface area contributed by atoms with E-state index in [4.69, 9.17) is 4.43 Å². The van der Waals surface area contributed by atoms with Crippen molar-refractivity contribution in [3.05, 3.63) is 11.6 Å². The van der Waals surface area contributed by atoms with Gasteiger partial charge in [0.2, 0.25) is 0 Å². The fourth-order valence-electron chi connectivity index (χ4n) is 2.51. The molecular weight excluding hydrogens is 252 g/mol. The van der Waals surface area contributed by atoms with Crippen LogP contribution in [0.1, 0.15) is 54.9 Å². The van der Waals surface area contributed by atoms with Crippen LogP contribution in [0.15, 0.2) is 11.6 Å². The second-order valence-corrected chi connectivity index (χ2v) is 10.1. The van der Waals surface area contributed by atoms with E-state index in [0.717, 1.165) is 18.1 Å². The van der Waals surface area contributed by atoms with Crippen LogP contribution in [0.4, 0.5) is 0 Å². The number of carbonyl (C=O) groups is 1. The number of hydrogen-bond donors (Lipinski definition) is 0. The maximum absolute atomic E-state index is 12.0. The maximum Gasteiger partial charge on any atom is 0.192 e. The summed E-state index contributed by atoms with van der Waals surface area (Å²) in [6, 6.07) is 3.38. The number of hydrogen-bond acceptors (Lipinski definition) is 2. The molecule has 0 fully saturated rings. The molecule has 0 unspecified atom stereocenters. The lowest BCUT2D eigenvalue weighted by Crippen LogP contribution is -2.44. The highest BCUT2D eigenvalue weighted by atomic mass is 28.4. The molecule has 0 saturated carbocycles. The lowest BCUT2D eigenvalue weighted by molar-refractivity contribution is -0.124. The van der Waals surface area contributed by atoms with E-state index in [9.17, 15) is 4.79 Å². The minimum atomic E-state index is -1.67. The Hall–Kier alpha value is -0.413. The monoisotopic (exact) mass is 284 g/mol. The summed E-state index contributed by atoms with van der Waals surface area (Å²) in [5.41, 5.74) is 1.20. The van der Waals surface area contributed by atoms with Crippen molar-refractivity contribution in [2.75, 3.05) is 0 Å². The van der Waals surface area contributed by atoms with E-state index in [2.05, 4.69) is 33.8 Å². The van der Waals surface area contributed by atoms with Crippen molar-refractivity contribution in [2.24, 2.45) is 5.92 Å². The van der Waals surface area contributed by atoms with E-state index in [1.165, 1.54) is 5.57 Å². The predicted molar refractivity (Wildman–Crippen MR) is 86.0 cm³/mol. The van der Waals surface area contributed by atoms with Gasteiger partial charge in [-0.25, -0.2) is 0 Å². The summed E-state index contributed by atoms with van der Waals surface area (Å²) >= 11 is 0. The standard InChI is InChI=1S/C16H32O2Si/c1-8-13(6)16(14(7)15(17)9-2)18-19(10-3,11-4)12-5/h8,14,16H,9-12H2,1-7H3/b13-8+/t14-,16-/m0/s1. The molecule has 3 heteroatoms. The lowest BCUT2D eigenvalue weighted by atomic mass is 9.93.